The lowest BCUT2D eigenvalue weighted by Gasteiger charge is -2.31. The predicted octanol–water partition coefficient (Wildman–Crippen LogP) is 3.20. The molecule has 0 unspecified atom stereocenters. The van der Waals surface area contributed by atoms with Gasteiger partial charge in [-0.25, -0.2) is 0 Å². The van der Waals surface area contributed by atoms with Gasteiger partial charge in [0.25, 0.3) is 5.91 Å². The fourth-order valence-corrected chi connectivity index (χ4v) is 3.20. The zero-order valence-electron chi connectivity index (χ0n) is 16.3. The maximum absolute atomic E-state index is 12.7. The van der Waals surface area contributed by atoms with Crippen molar-refractivity contribution in [2.24, 2.45) is 0 Å². The molecule has 0 N–H and O–H groups in total. The van der Waals surface area contributed by atoms with Gasteiger partial charge in [-0.15, -0.1) is 0 Å². The molecule has 1 amide bonds. The van der Waals surface area contributed by atoms with E-state index < -0.39 is 0 Å². The second kappa shape index (κ2) is 9.53. The molecule has 5 nitrogen and oxygen atoms in total. The quantitative estimate of drug-likeness (QED) is 0.753. The van der Waals surface area contributed by atoms with Crippen LogP contribution in [0.5, 0.6) is 0 Å². The first-order valence-corrected chi connectivity index (χ1v) is 9.66. The smallest absolute Gasteiger partial charge is 0.289 e. The van der Waals surface area contributed by atoms with Gasteiger partial charge in [0.2, 0.25) is 0 Å². The molecular weight excluding hydrogens is 338 g/mol. The number of rotatable bonds is 7. The van der Waals surface area contributed by atoms with Crippen LogP contribution in [-0.4, -0.2) is 66.9 Å². The van der Waals surface area contributed by atoms with Crippen molar-refractivity contribution in [2.45, 2.75) is 13.5 Å². The zero-order chi connectivity index (χ0) is 19.1. The highest BCUT2D eigenvalue weighted by Gasteiger charge is 2.19. The Morgan fingerprint density at radius 2 is 1.85 bits per heavy atom. The third-order valence-electron chi connectivity index (χ3n) is 4.95. The molecule has 144 valence electrons. The molecule has 1 aromatic heterocycles. The molecule has 2 aromatic rings. The van der Waals surface area contributed by atoms with Crippen LogP contribution in [0, 0.1) is 0 Å². The second-order valence-corrected chi connectivity index (χ2v) is 7.00. The summed E-state index contributed by atoms with van der Waals surface area (Å²) in [6.45, 7) is 8.18. The third kappa shape index (κ3) is 5.55. The molecule has 1 saturated heterocycles. The zero-order valence-corrected chi connectivity index (χ0v) is 16.3. The largest absolute Gasteiger partial charge is 0.455 e. The Bertz CT molecular complexity index is 746. The Hall–Kier alpha value is -2.37. The lowest BCUT2D eigenvalue weighted by atomic mass is 10.2. The first-order valence-electron chi connectivity index (χ1n) is 9.66. The molecule has 27 heavy (non-hydrogen) atoms. The number of nitrogens with zero attached hydrogens (tertiary/aromatic N) is 3. The highest BCUT2D eigenvalue weighted by molar-refractivity contribution is 5.91. The van der Waals surface area contributed by atoms with Crippen LogP contribution in [0.1, 0.15) is 28.8 Å². The van der Waals surface area contributed by atoms with Crippen LogP contribution >= 0.6 is 0 Å². The van der Waals surface area contributed by atoms with E-state index in [1.807, 2.05) is 55.5 Å². The molecule has 5 heteroatoms. The average molecular weight is 367 g/mol. The third-order valence-corrected chi connectivity index (χ3v) is 4.95. The number of amides is 1. The van der Waals surface area contributed by atoms with E-state index in [0.29, 0.717) is 18.8 Å². The van der Waals surface area contributed by atoms with E-state index in [4.69, 9.17) is 4.42 Å². The lowest BCUT2D eigenvalue weighted by Crippen LogP contribution is -2.43. The van der Waals surface area contributed by atoms with E-state index >= 15 is 0 Å². The van der Waals surface area contributed by atoms with Crippen molar-refractivity contribution in [3.05, 3.63) is 65.6 Å². The number of furan rings is 1. The molecule has 0 radical (unpaired) electrons. The minimum Gasteiger partial charge on any atom is -0.455 e. The van der Waals surface area contributed by atoms with Crippen molar-refractivity contribution in [3.63, 3.8) is 0 Å². The summed E-state index contributed by atoms with van der Waals surface area (Å²) >= 11 is 0. The van der Waals surface area contributed by atoms with Crippen LogP contribution in [0.15, 0.2) is 53.0 Å². The van der Waals surface area contributed by atoms with Gasteiger partial charge in [-0.3, -0.25) is 9.69 Å². The molecule has 1 aliphatic heterocycles. The SMILES string of the molecule is CCN(C/C=C/c1ccccc1)C(=O)c1ccc(CN2CCN(C)CC2)o1. The number of hydrogen-bond donors (Lipinski definition) is 0. The van der Waals surface area contributed by atoms with Gasteiger partial charge in [0.15, 0.2) is 5.76 Å². The average Bonchev–Trinajstić information content (AvgIpc) is 3.16. The summed E-state index contributed by atoms with van der Waals surface area (Å²) in [6.07, 6.45) is 4.06. The van der Waals surface area contributed by atoms with E-state index in [9.17, 15) is 4.79 Å². The van der Waals surface area contributed by atoms with Crippen molar-refractivity contribution in [1.29, 1.82) is 0 Å². The molecule has 0 aliphatic carbocycles. The molecule has 1 aromatic carbocycles. The van der Waals surface area contributed by atoms with Crippen LogP contribution < -0.4 is 0 Å². The van der Waals surface area contributed by atoms with Crippen LogP contribution in [-0.2, 0) is 6.54 Å². The lowest BCUT2D eigenvalue weighted by molar-refractivity contribution is 0.0744. The second-order valence-electron chi connectivity index (χ2n) is 7.00. The maximum Gasteiger partial charge on any atom is 0.289 e. The predicted molar refractivity (Wildman–Crippen MR) is 109 cm³/mol. The topological polar surface area (TPSA) is 39.9 Å². The van der Waals surface area contributed by atoms with Crippen molar-refractivity contribution in [2.75, 3.05) is 46.3 Å². The van der Waals surface area contributed by atoms with E-state index in [1.54, 1.807) is 11.0 Å². The van der Waals surface area contributed by atoms with Crippen LogP contribution in [0.2, 0.25) is 0 Å². The van der Waals surface area contributed by atoms with Gasteiger partial charge in [-0.2, -0.15) is 0 Å². The Kier molecular flexibility index (Phi) is 6.85. The van der Waals surface area contributed by atoms with E-state index in [0.717, 1.165) is 44.0 Å². The molecule has 1 fully saturated rings. The molecule has 0 bridgehead atoms. The molecule has 0 saturated carbocycles. The minimum atomic E-state index is -0.0557. The Morgan fingerprint density at radius 1 is 1.11 bits per heavy atom. The Balaban J connectivity index is 1.55. The molecular formula is C22H29N3O2. The van der Waals surface area contributed by atoms with Crippen LogP contribution in [0.25, 0.3) is 6.08 Å². The first kappa shape index (κ1) is 19.4. The van der Waals surface area contributed by atoms with Crippen molar-refractivity contribution < 1.29 is 9.21 Å². The van der Waals surface area contributed by atoms with E-state index in [1.165, 1.54) is 0 Å². The van der Waals surface area contributed by atoms with Crippen LogP contribution in [0.4, 0.5) is 0 Å². The first-order chi connectivity index (χ1) is 13.2. The maximum atomic E-state index is 12.7. The highest BCUT2D eigenvalue weighted by atomic mass is 16.4. The van der Waals surface area contributed by atoms with Gasteiger partial charge in [0.1, 0.15) is 5.76 Å². The van der Waals surface area contributed by atoms with Gasteiger partial charge in [-0.05, 0) is 31.7 Å². The molecule has 0 atom stereocenters. The fraction of sp³-hybridized carbons (Fsp3) is 0.409. The van der Waals surface area contributed by atoms with E-state index in [2.05, 4.69) is 16.8 Å². The normalized spacial score (nSPS) is 16.1. The Morgan fingerprint density at radius 3 is 2.56 bits per heavy atom. The molecule has 1 aliphatic rings. The Labute approximate surface area is 161 Å². The molecule has 2 heterocycles. The number of carbonyl (C=O) groups excluding carboxylic acids is 1. The number of hydrogen-bond acceptors (Lipinski definition) is 4. The highest BCUT2D eigenvalue weighted by Crippen LogP contribution is 2.14. The summed E-state index contributed by atoms with van der Waals surface area (Å²) in [7, 11) is 2.15. The van der Waals surface area contributed by atoms with Crippen molar-refractivity contribution in [1.82, 2.24) is 14.7 Å². The fourth-order valence-electron chi connectivity index (χ4n) is 3.20. The van der Waals surface area contributed by atoms with Crippen LogP contribution in [0.3, 0.4) is 0 Å². The molecule has 3 rings (SSSR count). The summed E-state index contributed by atoms with van der Waals surface area (Å²) in [6, 6.07) is 13.8. The number of benzene rings is 1. The summed E-state index contributed by atoms with van der Waals surface area (Å²) in [5, 5.41) is 0. The number of piperazine rings is 1. The molecule has 0 spiro atoms. The number of carbonyl (C=O) groups is 1. The van der Waals surface area contributed by atoms with Gasteiger partial charge < -0.3 is 14.2 Å². The van der Waals surface area contributed by atoms with Gasteiger partial charge in [0.05, 0.1) is 6.54 Å². The van der Waals surface area contributed by atoms with Gasteiger partial charge >= 0.3 is 0 Å². The standard InChI is InChI=1S/C22H29N3O2/c1-3-25(13-7-10-19-8-5-4-6-9-19)22(26)21-12-11-20(27-21)18-24-16-14-23(2)15-17-24/h4-12H,3,13-18H2,1-2H3/b10-7+. The van der Waals surface area contributed by atoms with Gasteiger partial charge in [0, 0.05) is 39.3 Å². The summed E-state index contributed by atoms with van der Waals surface area (Å²) in [5.41, 5.74) is 1.13. The summed E-state index contributed by atoms with van der Waals surface area (Å²) in [4.78, 5) is 19.2. The van der Waals surface area contributed by atoms with Gasteiger partial charge in [-0.1, -0.05) is 42.5 Å². The monoisotopic (exact) mass is 367 g/mol. The minimum absolute atomic E-state index is 0.0557. The number of likely N-dealkylation sites (N-methyl/N-ethyl adjacent to an activating group) is 2. The van der Waals surface area contributed by atoms with Crippen molar-refractivity contribution in [3.8, 4) is 0 Å². The summed E-state index contributed by atoms with van der Waals surface area (Å²) in [5.74, 6) is 1.23. The van der Waals surface area contributed by atoms with Crippen molar-refractivity contribution >= 4 is 12.0 Å². The summed E-state index contributed by atoms with van der Waals surface area (Å²) < 4.78 is 5.85. The van der Waals surface area contributed by atoms with E-state index in [-0.39, 0.29) is 5.91 Å².